The molecule has 2 N–H and O–H groups in total. The molecule has 0 atom stereocenters. The monoisotopic (exact) mass is 322 g/mol. The van der Waals surface area contributed by atoms with Gasteiger partial charge in [-0.1, -0.05) is 24.3 Å². The standard InChI is InChI=1S/C15H18N2O4S/c1-3-16-15(18)10-17-22(19,20)14-9-8-13(21-2)11-6-4-5-7-12(11)14/h4-9,17H,3,10H2,1-2H3,(H,16,18). The molecule has 0 bridgehead atoms. The summed E-state index contributed by atoms with van der Waals surface area (Å²) in [5.41, 5.74) is 0. The number of nitrogens with one attached hydrogen (secondary N) is 2. The van der Waals surface area contributed by atoms with Crippen LogP contribution in [0.25, 0.3) is 10.8 Å². The van der Waals surface area contributed by atoms with Crippen molar-refractivity contribution in [2.75, 3.05) is 20.2 Å². The number of likely N-dealkylation sites (N-methyl/N-ethyl adjacent to an activating group) is 1. The molecule has 0 radical (unpaired) electrons. The number of benzene rings is 2. The molecule has 0 spiro atoms. The number of ether oxygens (including phenoxy) is 1. The van der Waals surface area contributed by atoms with Gasteiger partial charge in [-0.05, 0) is 19.1 Å². The minimum atomic E-state index is -3.79. The molecule has 0 aromatic heterocycles. The van der Waals surface area contributed by atoms with Gasteiger partial charge in [0.15, 0.2) is 0 Å². The van der Waals surface area contributed by atoms with Gasteiger partial charge in [0.1, 0.15) is 5.75 Å². The summed E-state index contributed by atoms with van der Waals surface area (Å²) in [6, 6.07) is 10.1. The van der Waals surface area contributed by atoms with Gasteiger partial charge in [0, 0.05) is 17.3 Å². The number of amides is 1. The zero-order valence-electron chi connectivity index (χ0n) is 12.4. The Hall–Kier alpha value is -2.12. The van der Waals surface area contributed by atoms with Crippen molar-refractivity contribution in [1.82, 2.24) is 10.0 Å². The Morgan fingerprint density at radius 2 is 1.82 bits per heavy atom. The molecule has 2 rings (SSSR count). The number of rotatable bonds is 6. The molecule has 1 amide bonds. The Morgan fingerprint density at radius 1 is 1.14 bits per heavy atom. The number of methoxy groups -OCH3 is 1. The van der Waals surface area contributed by atoms with Gasteiger partial charge in [0.2, 0.25) is 15.9 Å². The van der Waals surface area contributed by atoms with Gasteiger partial charge in [-0.2, -0.15) is 0 Å². The highest BCUT2D eigenvalue weighted by Gasteiger charge is 2.19. The van der Waals surface area contributed by atoms with Crippen LogP contribution in [0, 0.1) is 0 Å². The number of fused-ring (bicyclic) bond motifs is 1. The Morgan fingerprint density at radius 3 is 2.45 bits per heavy atom. The Kier molecular flexibility index (Phi) is 4.99. The lowest BCUT2D eigenvalue weighted by Gasteiger charge is -2.12. The van der Waals surface area contributed by atoms with Crippen molar-refractivity contribution in [1.29, 1.82) is 0 Å². The van der Waals surface area contributed by atoms with E-state index >= 15 is 0 Å². The van der Waals surface area contributed by atoms with Crippen LogP contribution in [0.15, 0.2) is 41.3 Å². The second-order valence-electron chi connectivity index (χ2n) is 4.59. The fourth-order valence-electron chi connectivity index (χ4n) is 2.15. The van der Waals surface area contributed by atoms with E-state index in [2.05, 4.69) is 10.0 Å². The van der Waals surface area contributed by atoms with E-state index < -0.39 is 10.0 Å². The van der Waals surface area contributed by atoms with Gasteiger partial charge in [-0.25, -0.2) is 13.1 Å². The molecule has 118 valence electrons. The quantitative estimate of drug-likeness (QED) is 0.838. The lowest BCUT2D eigenvalue weighted by molar-refractivity contribution is -0.119. The predicted molar refractivity (Wildman–Crippen MR) is 84.4 cm³/mol. The molecule has 0 fully saturated rings. The van der Waals surface area contributed by atoms with E-state index in [0.717, 1.165) is 0 Å². The number of sulfonamides is 1. The summed E-state index contributed by atoms with van der Waals surface area (Å²) in [5.74, 6) is 0.224. The Balaban J connectivity index is 2.40. The number of carbonyl (C=O) groups excluding carboxylic acids is 1. The molecule has 0 saturated heterocycles. The van der Waals surface area contributed by atoms with Crippen molar-refractivity contribution in [3.05, 3.63) is 36.4 Å². The molecule has 0 heterocycles. The van der Waals surface area contributed by atoms with Gasteiger partial charge >= 0.3 is 0 Å². The first-order valence-electron chi connectivity index (χ1n) is 6.81. The third-order valence-electron chi connectivity index (χ3n) is 3.15. The average molecular weight is 322 g/mol. The maximum absolute atomic E-state index is 12.4. The Labute approximate surface area is 129 Å². The molecule has 0 aliphatic heterocycles. The minimum absolute atomic E-state index is 0.119. The van der Waals surface area contributed by atoms with Crippen LogP contribution in [-0.4, -0.2) is 34.5 Å². The van der Waals surface area contributed by atoms with E-state index in [9.17, 15) is 13.2 Å². The Bertz CT molecular complexity index is 787. The first-order valence-corrected chi connectivity index (χ1v) is 8.30. The van der Waals surface area contributed by atoms with Crippen LogP contribution in [-0.2, 0) is 14.8 Å². The van der Waals surface area contributed by atoms with E-state index in [0.29, 0.717) is 23.1 Å². The summed E-state index contributed by atoms with van der Waals surface area (Å²) < 4.78 is 32.4. The van der Waals surface area contributed by atoms with Crippen molar-refractivity contribution >= 4 is 26.7 Å². The van der Waals surface area contributed by atoms with Crippen molar-refractivity contribution in [3.63, 3.8) is 0 Å². The number of carbonyl (C=O) groups is 1. The lowest BCUT2D eigenvalue weighted by Crippen LogP contribution is -2.36. The van der Waals surface area contributed by atoms with E-state index in [1.54, 1.807) is 31.2 Å². The van der Waals surface area contributed by atoms with Gasteiger partial charge < -0.3 is 10.1 Å². The van der Waals surface area contributed by atoms with E-state index in [1.165, 1.54) is 13.2 Å². The van der Waals surface area contributed by atoms with Crippen LogP contribution >= 0.6 is 0 Å². The summed E-state index contributed by atoms with van der Waals surface area (Å²) >= 11 is 0. The maximum atomic E-state index is 12.4. The van der Waals surface area contributed by atoms with Gasteiger partial charge in [0.25, 0.3) is 0 Å². The summed E-state index contributed by atoms with van der Waals surface area (Å²) in [7, 11) is -2.26. The zero-order valence-corrected chi connectivity index (χ0v) is 13.2. The molecular weight excluding hydrogens is 304 g/mol. The highest BCUT2D eigenvalue weighted by molar-refractivity contribution is 7.89. The van der Waals surface area contributed by atoms with Crippen LogP contribution in [0.4, 0.5) is 0 Å². The molecule has 0 aliphatic rings. The van der Waals surface area contributed by atoms with Crippen LogP contribution in [0.1, 0.15) is 6.92 Å². The number of hydrogen-bond acceptors (Lipinski definition) is 4. The molecule has 2 aromatic rings. The fourth-order valence-corrected chi connectivity index (χ4v) is 3.35. The highest BCUT2D eigenvalue weighted by atomic mass is 32.2. The van der Waals surface area contributed by atoms with Crippen molar-refractivity contribution < 1.29 is 17.9 Å². The largest absolute Gasteiger partial charge is 0.496 e. The molecule has 22 heavy (non-hydrogen) atoms. The number of hydrogen-bond donors (Lipinski definition) is 2. The minimum Gasteiger partial charge on any atom is -0.496 e. The molecule has 6 nitrogen and oxygen atoms in total. The maximum Gasteiger partial charge on any atom is 0.241 e. The SMILES string of the molecule is CCNC(=O)CNS(=O)(=O)c1ccc(OC)c2ccccc12. The molecule has 0 saturated carbocycles. The summed E-state index contributed by atoms with van der Waals surface area (Å²) in [6.45, 7) is 1.92. The van der Waals surface area contributed by atoms with Crippen LogP contribution in [0.3, 0.4) is 0 Å². The smallest absolute Gasteiger partial charge is 0.241 e. The van der Waals surface area contributed by atoms with E-state index in [1.807, 2.05) is 6.07 Å². The van der Waals surface area contributed by atoms with Crippen LogP contribution in [0.5, 0.6) is 5.75 Å². The third-order valence-corrected chi connectivity index (χ3v) is 4.61. The van der Waals surface area contributed by atoms with Crippen molar-refractivity contribution in [2.45, 2.75) is 11.8 Å². The summed E-state index contributed by atoms with van der Waals surface area (Å²) in [6.07, 6.45) is 0. The highest BCUT2D eigenvalue weighted by Crippen LogP contribution is 2.30. The van der Waals surface area contributed by atoms with Gasteiger partial charge in [-0.15, -0.1) is 0 Å². The lowest BCUT2D eigenvalue weighted by atomic mass is 10.1. The second-order valence-corrected chi connectivity index (χ2v) is 6.32. The molecular formula is C15H18N2O4S. The summed E-state index contributed by atoms with van der Waals surface area (Å²) in [5, 5.41) is 3.79. The topological polar surface area (TPSA) is 84.5 Å². The predicted octanol–water partition coefficient (Wildman–Crippen LogP) is 1.26. The normalized spacial score (nSPS) is 11.4. The zero-order chi connectivity index (χ0) is 16.2. The first-order chi connectivity index (χ1) is 10.5. The fraction of sp³-hybridized carbons (Fsp3) is 0.267. The first kappa shape index (κ1) is 16.3. The summed E-state index contributed by atoms with van der Waals surface area (Å²) in [4.78, 5) is 11.5. The molecule has 7 heteroatoms. The van der Waals surface area contributed by atoms with E-state index in [4.69, 9.17) is 4.74 Å². The third kappa shape index (κ3) is 3.37. The van der Waals surface area contributed by atoms with E-state index in [-0.39, 0.29) is 17.3 Å². The van der Waals surface area contributed by atoms with Crippen molar-refractivity contribution in [2.24, 2.45) is 0 Å². The van der Waals surface area contributed by atoms with Gasteiger partial charge in [0.05, 0.1) is 18.6 Å². The second kappa shape index (κ2) is 6.76. The van der Waals surface area contributed by atoms with Crippen LogP contribution < -0.4 is 14.8 Å². The molecule has 2 aromatic carbocycles. The molecule has 0 aliphatic carbocycles. The average Bonchev–Trinajstić information content (AvgIpc) is 2.52. The van der Waals surface area contributed by atoms with Crippen LogP contribution in [0.2, 0.25) is 0 Å². The van der Waals surface area contributed by atoms with Gasteiger partial charge in [-0.3, -0.25) is 4.79 Å². The van der Waals surface area contributed by atoms with Crippen molar-refractivity contribution in [3.8, 4) is 5.75 Å². The molecule has 0 unspecified atom stereocenters.